The summed E-state index contributed by atoms with van der Waals surface area (Å²) in [6, 6.07) is 16.9. The van der Waals surface area contributed by atoms with Crippen LogP contribution in [-0.2, 0) is 0 Å². The Morgan fingerprint density at radius 2 is 1.35 bits per heavy atom. The van der Waals surface area contributed by atoms with E-state index in [1.807, 2.05) is 6.07 Å². The van der Waals surface area contributed by atoms with Gasteiger partial charge in [0, 0.05) is 10.8 Å². The Morgan fingerprint density at radius 1 is 0.765 bits per heavy atom. The van der Waals surface area contributed by atoms with Crippen LogP contribution in [0.4, 0.5) is 0 Å². The zero-order valence-corrected chi connectivity index (χ0v) is 10.1. The maximum Gasteiger partial charge on any atom is 0.0711 e. The van der Waals surface area contributed by atoms with Crippen molar-refractivity contribution < 1.29 is 0 Å². The molecule has 0 aliphatic heterocycles. The summed E-state index contributed by atoms with van der Waals surface area (Å²) >= 11 is 0. The van der Waals surface area contributed by atoms with Gasteiger partial charge in [0.05, 0.1) is 11.2 Å². The lowest BCUT2D eigenvalue weighted by Crippen LogP contribution is -1.95. The number of nitrogens with zero attached hydrogens (tertiary/aromatic N) is 1. The van der Waals surface area contributed by atoms with E-state index in [-0.39, 0.29) is 0 Å². The molecule has 0 spiro atoms. The average Bonchev–Trinajstić information content (AvgIpc) is 2.37. The summed E-state index contributed by atoms with van der Waals surface area (Å²) < 4.78 is 0. The molecule has 17 heavy (non-hydrogen) atoms. The van der Waals surface area contributed by atoms with Crippen LogP contribution in [0.3, 0.4) is 0 Å². The van der Waals surface area contributed by atoms with Crippen molar-refractivity contribution in [3.05, 3.63) is 54.2 Å². The van der Waals surface area contributed by atoms with E-state index in [0.717, 1.165) is 5.52 Å². The molecule has 0 saturated carbocycles. The van der Waals surface area contributed by atoms with Crippen molar-refractivity contribution in [2.45, 2.75) is 19.8 Å². The number of pyridine rings is 1. The van der Waals surface area contributed by atoms with Gasteiger partial charge >= 0.3 is 0 Å². The van der Waals surface area contributed by atoms with Crippen LogP contribution in [0, 0.1) is 0 Å². The van der Waals surface area contributed by atoms with E-state index in [4.69, 9.17) is 4.98 Å². The minimum absolute atomic E-state index is 0.449. The molecule has 0 N–H and O–H groups in total. The molecule has 2 aromatic carbocycles. The molecule has 0 unspecified atom stereocenters. The summed E-state index contributed by atoms with van der Waals surface area (Å²) in [5.74, 6) is 0.449. The molecule has 1 nitrogen and oxygen atoms in total. The molecular weight excluding hydrogens is 206 g/mol. The highest BCUT2D eigenvalue weighted by molar-refractivity contribution is 6.06. The third kappa shape index (κ3) is 1.59. The number of rotatable bonds is 1. The van der Waals surface area contributed by atoms with Crippen molar-refractivity contribution in [2.75, 3.05) is 0 Å². The van der Waals surface area contributed by atoms with Crippen LogP contribution in [0.2, 0.25) is 0 Å². The molecule has 0 radical (unpaired) electrons. The van der Waals surface area contributed by atoms with Gasteiger partial charge in [-0.1, -0.05) is 56.3 Å². The van der Waals surface area contributed by atoms with E-state index in [9.17, 15) is 0 Å². The molecular formula is C16H15N. The molecule has 0 saturated heterocycles. The Labute approximate surface area is 101 Å². The van der Waals surface area contributed by atoms with Crippen molar-refractivity contribution in [3.8, 4) is 0 Å². The first-order valence-electron chi connectivity index (χ1n) is 6.05. The standard InChI is InChI=1S/C16H15N/c1-11(2)16-14-9-4-3-7-12(14)13-8-5-6-10-15(13)17-16/h3-11H,1-2H3. The van der Waals surface area contributed by atoms with Gasteiger partial charge in [0.15, 0.2) is 0 Å². The first kappa shape index (κ1) is 10.3. The van der Waals surface area contributed by atoms with E-state index in [1.54, 1.807) is 0 Å². The van der Waals surface area contributed by atoms with Crippen LogP contribution in [-0.4, -0.2) is 4.98 Å². The maximum absolute atomic E-state index is 4.80. The van der Waals surface area contributed by atoms with E-state index in [1.165, 1.54) is 21.9 Å². The summed E-state index contributed by atoms with van der Waals surface area (Å²) in [7, 11) is 0. The number of hydrogen-bond acceptors (Lipinski definition) is 1. The number of hydrogen-bond donors (Lipinski definition) is 0. The van der Waals surface area contributed by atoms with Gasteiger partial charge in [0.25, 0.3) is 0 Å². The van der Waals surface area contributed by atoms with Gasteiger partial charge in [0.2, 0.25) is 0 Å². The SMILES string of the molecule is CC(C)c1nc2ccccc2c2ccccc12. The molecule has 1 aromatic heterocycles. The van der Waals surface area contributed by atoms with E-state index in [0.29, 0.717) is 5.92 Å². The molecule has 0 bridgehead atoms. The van der Waals surface area contributed by atoms with Crippen LogP contribution in [0.15, 0.2) is 48.5 Å². The van der Waals surface area contributed by atoms with Crippen molar-refractivity contribution in [1.29, 1.82) is 0 Å². The third-order valence-electron chi connectivity index (χ3n) is 3.19. The fraction of sp³-hybridized carbons (Fsp3) is 0.188. The van der Waals surface area contributed by atoms with Crippen LogP contribution in [0.5, 0.6) is 0 Å². The summed E-state index contributed by atoms with van der Waals surface area (Å²) in [6.45, 7) is 4.40. The van der Waals surface area contributed by atoms with Crippen LogP contribution in [0.1, 0.15) is 25.5 Å². The molecule has 3 rings (SSSR count). The Kier molecular flexibility index (Phi) is 2.32. The number of benzene rings is 2. The van der Waals surface area contributed by atoms with Gasteiger partial charge in [-0.05, 0) is 17.4 Å². The molecule has 0 amide bonds. The smallest absolute Gasteiger partial charge is 0.0711 e. The second-order valence-corrected chi connectivity index (χ2v) is 4.71. The molecule has 3 aromatic rings. The quantitative estimate of drug-likeness (QED) is 0.551. The van der Waals surface area contributed by atoms with Gasteiger partial charge in [0.1, 0.15) is 0 Å². The molecule has 1 heteroatoms. The van der Waals surface area contributed by atoms with Gasteiger partial charge < -0.3 is 0 Å². The summed E-state index contributed by atoms with van der Waals surface area (Å²) in [5.41, 5.74) is 2.29. The molecule has 0 aliphatic carbocycles. The van der Waals surface area contributed by atoms with Gasteiger partial charge in [-0.25, -0.2) is 0 Å². The lowest BCUT2D eigenvalue weighted by molar-refractivity contribution is 0.841. The fourth-order valence-electron chi connectivity index (χ4n) is 2.37. The van der Waals surface area contributed by atoms with Crippen molar-refractivity contribution in [1.82, 2.24) is 4.98 Å². The number of aromatic nitrogens is 1. The van der Waals surface area contributed by atoms with Gasteiger partial charge in [-0.15, -0.1) is 0 Å². The predicted molar refractivity (Wildman–Crippen MR) is 73.3 cm³/mol. The zero-order valence-electron chi connectivity index (χ0n) is 10.1. The Morgan fingerprint density at radius 3 is 2.06 bits per heavy atom. The van der Waals surface area contributed by atoms with Gasteiger partial charge in [-0.3, -0.25) is 4.98 Å². The maximum atomic E-state index is 4.80. The summed E-state index contributed by atoms with van der Waals surface area (Å²) in [4.78, 5) is 4.80. The second-order valence-electron chi connectivity index (χ2n) is 4.71. The van der Waals surface area contributed by atoms with E-state index >= 15 is 0 Å². The monoisotopic (exact) mass is 221 g/mol. The zero-order chi connectivity index (χ0) is 11.8. The van der Waals surface area contributed by atoms with Crippen LogP contribution in [0.25, 0.3) is 21.7 Å². The van der Waals surface area contributed by atoms with Crippen molar-refractivity contribution in [3.63, 3.8) is 0 Å². The predicted octanol–water partition coefficient (Wildman–Crippen LogP) is 4.51. The number of para-hydroxylation sites is 1. The highest BCUT2D eigenvalue weighted by atomic mass is 14.7. The Bertz CT molecular complexity index is 683. The highest BCUT2D eigenvalue weighted by Crippen LogP contribution is 2.29. The molecule has 84 valence electrons. The summed E-state index contributed by atoms with van der Waals surface area (Å²) in [6.07, 6.45) is 0. The minimum Gasteiger partial charge on any atom is -0.252 e. The first-order chi connectivity index (χ1) is 8.27. The van der Waals surface area contributed by atoms with E-state index < -0.39 is 0 Å². The molecule has 0 atom stereocenters. The normalized spacial score (nSPS) is 11.5. The highest BCUT2D eigenvalue weighted by Gasteiger charge is 2.09. The fourth-order valence-corrected chi connectivity index (χ4v) is 2.37. The largest absolute Gasteiger partial charge is 0.252 e. The first-order valence-corrected chi connectivity index (χ1v) is 6.05. The van der Waals surface area contributed by atoms with Crippen molar-refractivity contribution in [2.24, 2.45) is 0 Å². The number of fused-ring (bicyclic) bond motifs is 3. The topological polar surface area (TPSA) is 12.9 Å². The second kappa shape index (κ2) is 3.85. The molecule has 0 aliphatic rings. The Hall–Kier alpha value is -1.89. The Balaban J connectivity index is 2.55. The summed E-state index contributed by atoms with van der Waals surface area (Å²) in [5, 5.41) is 3.83. The van der Waals surface area contributed by atoms with Crippen LogP contribution >= 0.6 is 0 Å². The third-order valence-corrected chi connectivity index (χ3v) is 3.19. The lowest BCUT2D eigenvalue weighted by Gasteiger charge is -2.11. The lowest BCUT2D eigenvalue weighted by atomic mass is 9.99. The van der Waals surface area contributed by atoms with E-state index in [2.05, 4.69) is 56.3 Å². The molecule has 1 heterocycles. The average molecular weight is 221 g/mol. The van der Waals surface area contributed by atoms with Crippen molar-refractivity contribution >= 4 is 21.7 Å². The minimum atomic E-state index is 0.449. The van der Waals surface area contributed by atoms with Gasteiger partial charge in [-0.2, -0.15) is 0 Å². The molecule has 0 fully saturated rings. The van der Waals surface area contributed by atoms with Crippen LogP contribution < -0.4 is 0 Å².